The monoisotopic (exact) mass is 311 g/mol. The highest BCUT2D eigenvalue weighted by molar-refractivity contribution is 7.90. The number of benzene rings is 1. The number of rotatable bonds is 6. The number of sulfone groups is 1. The van der Waals surface area contributed by atoms with Crippen molar-refractivity contribution in [3.63, 3.8) is 0 Å². The zero-order valence-electron chi connectivity index (χ0n) is 12.8. The van der Waals surface area contributed by atoms with Gasteiger partial charge in [-0.2, -0.15) is 0 Å². The second kappa shape index (κ2) is 7.38. The summed E-state index contributed by atoms with van der Waals surface area (Å²) in [4.78, 5) is 0.382. The van der Waals surface area contributed by atoms with Crippen LogP contribution in [0.1, 0.15) is 37.8 Å². The van der Waals surface area contributed by atoms with Crippen molar-refractivity contribution in [2.45, 2.75) is 37.1 Å². The van der Waals surface area contributed by atoms with Crippen molar-refractivity contribution >= 4 is 9.84 Å². The first-order chi connectivity index (χ1) is 10.0. The molecule has 0 amide bonds. The average Bonchev–Trinajstić information content (AvgIpc) is 2.47. The maximum Gasteiger partial charge on any atom is 0.175 e. The van der Waals surface area contributed by atoms with Gasteiger partial charge in [0.15, 0.2) is 9.84 Å². The molecular formula is C16H25NO3S. The van der Waals surface area contributed by atoms with Gasteiger partial charge in [0.1, 0.15) is 0 Å². The molecule has 5 heteroatoms. The van der Waals surface area contributed by atoms with Crippen LogP contribution in [0.5, 0.6) is 0 Å². The third kappa shape index (κ3) is 4.80. The predicted octanol–water partition coefficient (Wildman–Crippen LogP) is 2.56. The fraction of sp³-hybridized carbons (Fsp3) is 0.625. The quantitative estimate of drug-likeness (QED) is 0.877. The first-order valence-electron chi connectivity index (χ1n) is 7.62. The van der Waals surface area contributed by atoms with Gasteiger partial charge in [-0.3, -0.25) is 0 Å². The van der Waals surface area contributed by atoms with Gasteiger partial charge in [0, 0.05) is 25.5 Å². The van der Waals surface area contributed by atoms with E-state index >= 15 is 0 Å². The first kappa shape index (κ1) is 16.5. The van der Waals surface area contributed by atoms with Crippen LogP contribution in [0.4, 0.5) is 0 Å². The normalized spacial score (nSPS) is 18.6. The maximum absolute atomic E-state index is 11.5. The van der Waals surface area contributed by atoms with E-state index in [9.17, 15) is 8.42 Å². The zero-order chi connectivity index (χ0) is 15.3. The van der Waals surface area contributed by atoms with Crippen LogP contribution in [0.2, 0.25) is 0 Å². The molecule has 4 nitrogen and oxygen atoms in total. The zero-order valence-corrected chi connectivity index (χ0v) is 13.7. The molecule has 0 bridgehead atoms. The van der Waals surface area contributed by atoms with Gasteiger partial charge >= 0.3 is 0 Å². The van der Waals surface area contributed by atoms with Gasteiger partial charge in [-0.15, -0.1) is 0 Å². The van der Waals surface area contributed by atoms with Crippen LogP contribution in [0.15, 0.2) is 29.2 Å². The van der Waals surface area contributed by atoms with Gasteiger partial charge in [-0.25, -0.2) is 8.42 Å². The molecule has 1 aromatic carbocycles. The van der Waals surface area contributed by atoms with Gasteiger partial charge < -0.3 is 10.1 Å². The summed E-state index contributed by atoms with van der Waals surface area (Å²) in [5, 5.41) is 3.51. The van der Waals surface area contributed by atoms with Crippen molar-refractivity contribution in [1.82, 2.24) is 5.32 Å². The molecule has 2 rings (SSSR count). The van der Waals surface area contributed by atoms with Crippen LogP contribution in [0.25, 0.3) is 0 Å². The molecule has 0 spiro atoms. The third-order valence-corrected chi connectivity index (χ3v) is 5.20. The van der Waals surface area contributed by atoms with Crippen LogP contribution in [0.3, 0.4) is 0 Å². The molecular weight excluding hydrogens is 286 g/mol. The number of ether oxygens (including phenoxy) is 1. The van der Waals surface area contributed by atoms with Gasteiger partial charge in [0.25, 0.3) is 0 Å². The van der Waals surface area contributed by atoms with Gasteiger partial charge in [-0.1, -0.05) is 19.1 Å². The fourth-order valence-corrected chi connectivity index (χ4v) is 3.48. The highest BCUT2D eigenvalue weighted by Gasteiger charge is 2.20. The first-order valence-corrected chi connectivity index (χ1v) is 9.51. The Kier molecular flexibility index (Phi) is 5.79. The van der Waals surface area contributed by atoms with E-state index in [0.29, 0.717) is 10.8 Å². The molecule has 0 saturated carbocycles. The lowest BCUT2D eigenvalue weighted by atomic mass is 9.89. The Labute approximate surface area is 127 Å². The summed E-state index contributed by atoms with van der Waals surface area (Å²) in [6.45, 7) is 4.72. The molecule has 1 aliphatic rings. The summed E-state index contributed by atoms with van der Waals surface area (Å²) in [6, 6.07) is 7.57. The summed E-state index contributed by atoms with van der Waals surface area (Å²) in [6.07, 6.45) is 4.55. The molecule has 1 saturated heterocycles. The number of hydrogen-bond acceptors (Lipinski definition) is 4. The second-order valence-corrected chi connectivity index (χ2v) is 7.76. The molecule has 118 valence electrons. The Balaban J connectivity index is 2.09. The largest absolute Gasteiger partial charge is 0.381 e. The summed E-state index contributed by atoms with van der Waals surface area (Å²) in [5.74, 6) is 0.678. The fourth-order valence-electron chi connectivity index (χ4n) is 2.85. The molecule has 0 radical (unpaired) electrons. The van der Waals surface area contributed by atoms with E-state index in [0.717, 1.165) is 44.6 Å². The molecule has 1 aliphatic heterocycles. The van der Waals surface area contributed by atoms with E-state index in [-0.39, 0.29) is 6.04 Å². The van der Waals surface area contributed by atoms with Crippen molar-refractivity contribution in [3.8, 4) is 0 Å². The predicted molar refractivity (Wildman–Crippen MR) is 84.1 cm³/mol. The maximum atomic E-state index is 11.5. The topological polar surface area (TPSA) is 55.4 Å². The molecule has 1 fully saturated rings. The lowest BCUT2D eigenvalue weighted by molar-refractivity contribution is 0.0606. The highest BCUT2D eigenvalue weighted by Crippen LogP contribution is 2.28. The van der Waals surface area contributed by atoms with E-state index in [4.69, 9.17) is 4.74 Å². The Morgan fingerprint density at radius 3 is 2.38 bits per heavy atom. The van der Waals surface area contributed by atoms with Crippen molar-refractivity contribution in [2.75, 3.05) is 26.0 Å². The minimum Gasteiger partial charge on any atom is -0.381 e. The second-order valence-electron chi connectivity index (χ2n) is 5.74. The smallest absolute Gasteiger partial charge is 0.175 e. The molecule has 0 aliphatic carbocycles. The summed E-state index contributed by atoms with van der Waals surface area (Å²) >= 11 is 0. The van der Waals surface area contributed by atoms with Crippen LogP contribution in [-0.2, 0) is 14.6 Å². The number of nitrogens with one attached hydrogen (secondary N) is 1. The van der Waals surface area contributed by atoms with Gasteiger partial charge in [-0.05, 0) is 49.4 Å². The van der Waals surface area contributed by atoms with E-state index < -0.39 is 9.84 Å². The average molecular weight is 311 g/mol. The van der Waals surface area contributed by atoms with Crippen molar-refractivity contribution in [2.24, 2.45) is 5.92 Å². The Hall–Kier alpha value is -0.910. The van der Waals surface area contributed by atoms with Gasteiger partial charge in [0.05, 0.1) is 4.90 Å². The third-order valence-electron chi connectivity index (χ3n) is 4.07. The summed E-state index contributed by atoms with van der Waals surface area (Å²) in [5.41, 5.74) is 1.16. The van der Waals surface area contributed by atoms with Crippen LogP contribution < -0.4 is 5.32 Å². The van der Waals surface area contributed by atoms with Crippen LogP contribution >= 0.6 is 0 Å². The Morgan fingerprint density at radius 2 is 1.86 bits per heavy atom. The Bertz CT molecular complexity index is 533. The molecule has 0 aromatic heterocycles. The van der Waals surface area contributed by atoms with Gasteiger partial charge in [0.2, 0.25) is 0 Å². The lowest BCUT2D eigenvalue weighted by Crippen LogP contribution is -2.26. The molecule has 1 heterocycles. The molecule has 1 N–H and O–H groups in total. The van der Waals surface area contributed by atoms with E-state index in [2.05, 4.69) is 12.2 Å². The molecule has 1 unspecified atom stereocenters. The lowest BCUT2D eigenvalue weighted by Gasteiger charge is -2.27. The summed E-state index contributed by atoms with van der Waals surface area (Å²) in [7, 11) is -3.12. The van der Waals surface area contributed by atoms with E-state index in [1.165, 1.54) is 6.26 Å². The minimum absolute atomic E-state index is 0.284. The SMILES string of the molecule is CCNC(CC1CCOCC1)c1ccc(S(C)(=O)=O)cc1. The molecule has 21 heavy (non-hydrogen) atoms. The van der Waals surface area contributed by atoms with Crippen molar-refractivity contribution in [3.05, 3.63) is 29.8 Å². The van der Waals surface area contributed by atoms with Crippen LogP contribution in [0, 0.1) is 5.92 Å². The minimum atomic E-state index is -3.12. The highest BCUT2D eigenvalue weighted by atomic mass is 32.2. The Morgan fingerprint density at radius 1 is 1.24 bits per heavy atom. The van der Waals surface area contributed by atoms with E-state index in [1.54, 1.807) is 12.1 Å². The number of hydrogen-bond donors (Lipinski definition) is 1. The van der Waals surface area contributed by atoms with E-state index in [1.807, 2.05) is 12.1 Å². The van der Waals surface area contributed by atoms with Crippen molar-refractivity contribution < 1.29 is 13.2 Å². The molecule has 1 atom stereocenters. The molecule has 1 aromatic rings. The summed E-state index contributed by atoms with van der Waals surface area (Å²) < 4.78 is 28.5. The van der Waals surface area contributed by atoms with Crippen LogP contribution in [-0.4, -0.2) is 34.4 Å². The van der Waals surface area contributed by atoms with Crippen molar-refractivity contribution in [1.29, 1.82) is 0 Å². The standard InChI is InChI=1S/C16H25NO3S/c1-3-17-16(12-13-8-10-20-11-9-13)14-4-6-15(7-5-14)21(2,18)19/h4-7,13,16-17H,3,8-12H2,1-2H3.